The molecule has 1 amide bonds. The van der Waals surface area contributed by atoms with Crippen molar-refractivity contribution < 1.29 is 4.79 Å². The molecule has 0 aromatic rings. The third-order valence-electron chi connectivity index (χ3n) is 4.35. The summed E-state index contributed by atoms with van der Waals surface area (Å²) in [5.41, 5.74) is 0. The van der Waals surface area contributed by atoms with Gasteiger partial charge in [0.25, 0.3) is 0 Å². The summed E-state index contributed by atoms with van der Waals surface area (Å²) in [7, 11) is 2.19. The number of carbonyl (C=O) groups excluding carboxylic acids is 1. The maximum absolute atomic E-state index is 11.8. The van der Waals surface area contributed by atoms with Crippen molar-refractivity contribution in [3.8, 4) is 0 Å². The first-order valence-corrected chi connectivity index (χ1v) is 6.58. The van der Waals surface area contributed by atoms with Crippen LogP contribution in [0, 0.1) is 17.8 Å². The van der Waals surface area contributed by atoms with Crippen LogP contribution < -0.4 is 5.32 Å². The maximum Gasteiger partial charge on any atom is 0.220 e. The molecule has 92 valence electrons. The lowest BCUT2D eigenvalue weighted by Crippen LogP contribution is -2.55. The minimum Gasteiger partial charge on any atom is -0.354 e. The molecule has 3 aliphatic rings. The Kier molecular flexibility index (Phi) is 3.53. The van der Waals surface area contributed by atoms with Crippen molar-refractivity contribution in [1.82, 2.24) is 10.2 Å². The molecule has 2 heterocycles. The first-order valence-electron chi connectivity index (χ1n) is 6.58. The molecule has 3 atom stereocenters. The summed E-state index contributed by atoms with van der Waals surface area (Å²) in [5.74, 6) is 2.50. The van der Waals surface area contributed by atoms with Crippen molar-refractivity contribution in [2.75, 3.05) is 20.1 Å². The van der Waals surface area contributed by atoms with Crippen LogP contribution in [0.1, 0.15) is 33.1 Å². The molecule has 0 radical (unpaired) electrons. The molecule has 1 N–H and O–H groups in total. The van der Waals surface area contributed by atoms with Crippen molar-refractivity contribution in [3.05, 3.63) is 0 Å². The van der Waals surface area contributed by atoms with E-state index in [1.807, 2.05) is 0 Å². The average Bonchev–Trinajstić information content (AvgIpc) is 2.25. The summed E-state index contributed by atoms with van der Waals surface area (Å²) in [5, 5.41) is 3.08. The zero-order valence-corrected chi connectivity index (χ0v) is 10.7. The van der Waals surface area contributed by atoms with Gasteiger partial charge in [-0.25, -0.2) is 0 Å². The van der Waals surface area contributed by atoms with Crippen LogP contribution >= 0.6 is 0 Å². The van der Waals surface area contributed by atoms with Crippen molar-refractivity contribution >= 4 is 5.91 Å². The van der Waals surface area contributed by atoms with Crippen LogP contribution in [0.5, 0.6) is 0 Å². The summed E-state index contributed by atoms with van der Waals surface area (Å²) in [6, 6.07) is 0.329. The molecule has 3 heteroatoms. The van der Waals surface area contributed by atoms with Crippen LogP contribution in [0.3, 0.4) is 0 Å². The van der Waals surface area contributed by atoms with Gasteiger partial charge < -0.3 is 10.2 Å². The Balaban J connectivity index is 1.77. The molecule has 3 rings (SSSR count). The summed E-state index contributed by atoms with van der Waals surface area (Å²) in [4.78, 5) is 14.2. The van der Waals surface area contributed by atoms with Crippen LogP contribution in [0.15, 0.2) is 0 Å². The fraction of sp³-hybridized carbons (Fsp3) is 0.923. The molecule has 0 aromatic heterocycles. The molecule has 2 unspecified atom stereocenters. The highest BCUT2D eigenvalue weighted by molar-refractivity contribution is 5.76. The first-order chi connectivity index (χ1) is 7.60. The van der Waals surface area contributed by atoms with Gasteiger partial charge >= 0.3 is 0 Å². The number of hydrogen-bond donors (Lipinski definition) is 1. The number of amides is 1. The Hall–Kier alpha value is -0.570. The summed E-state index contributed by atoms with van der Waals surface area (Å²) < 4.78 is 0. The first kappa shape index (κ1) is 11.9. The number of carbonyl (C=O) groups is 1. The van der Waals surface area contributed by atoms with Crippen LogP contribution in [-0.2, 0) is 4.79 Å². The summed E-state index contributed by atoms with van der Waals surface area (Å²) in [6.45, 7) is 6.57. The molecular formula is C13H24N2O. The standard InChI is InChI=1S/C13H24N2O/c1-4-9(2)14-13(16)6-12-10-5-11(12)8-15(3)7-10/h9-12H,4-8H2,1-3H3,(H,14,16)/t9-,10?,11?,12?/m0/s1. The quantitative estimate of drug-likeness (QED) is 0.784. The summed E-state index contributed by atoms with van der Waals surface area (Å²) in [6.07, 6.45) is 3.13. The van der Waals surface area contributed by atoms with Gasteiger partial charge in [0.2, 0.25) is 5.91 Å². The highest BCUT2D eigenvalue weighted by Gasteiger charge is 2.46. The highest BCUT2D eigenvalue weighted by Crippen LogP contribution is 2.46. The third kappa shape index (κ3) is 2.40. The predicted molar refractivity (Wildman–Crippen MR) is 65.1 cm³/mol. The van der Waals surface area contributed by atoms with E-state index in [-0.39, 0.29) is 5.91 Å². The molecule has 2 aliphatic heterocycles. The molecule has 0 aromatic carbocycles. The van der Waals surface area contributed by atoms with Gasteiger partial charge in [-0.1, -0.05) is 6.92 Å². The van der Waals surface area contributed by atoms with Crippen LogP contribution in [0.2, 0.25) is 0 Å². The van der Waals surface area contributed by atoms with Crippen LogP contribution in [0.4, 0.5) is 0 Å². The minimum atomic E-state index is 0.263. The van der Waals surface area contributed by atoms with E-state index in [9.17, 15) is 4.79 Å². The Morgan fingerprint density at radius 3 is 2.62 bits per heavy atom. The zero-order valence-electron chi connectivity index (χ0n) is 10.7. The van der Waals surface area contributed by atoms with Crippen LogP contribution in [0.25, 0.3) is 0 Å². The zero-order chi connectivity index (χ0) is 11.7. The molecule has 3 fully saturated rings. The third-order valence-corrected chi connectivity index (χ3v) is 4.35. The lowest BCUT2D eigenvalue weighted by molar-refractivity contribution is -0.127. The Morgan fingerprint density at radius 1 is 1.44 bits per heavy atom. The number of fused-ring (bicyclic) bond motifs is 2. The van der Waals surface area contributed by atoms with Crippen molar-refractivity contribution in [2.45, 2.75) is 39.2 Å². The van der Waals surface area contributed by atoms with E-state index in [2.05, 4.69) is 31.1 Å². The number of hydrogen-bond acceptors (Lipinski definition) is 2. The van der Waals surface area contributed by atoms with Gasteiger partial charge in [-0.3, -0.25) is 4.79 Å². The Labute approximate surface area is 98.6 Å². The molecule has 2 bridgehead atoms. The second-order valence-corrected chi connectivity index (χ2v) is 5.72. The van der Waals surface area contributed by atoms with Gasteiger partial charge in [0, 0.05) is 25.6 Å². The van der Waals surface area contributed by atoms with E-state index in [0.29, 0.717) is 12.0 Å². The largest absolute Gasteiger partial charge is 0.354 e. The second-order valence-electron chi connectivity index (χ2n) is 5.72. The fourth-order valence-corrected chi connectivity index (χ4v) is 3.21. The molecule has 0 spiro atoms. The minimum absolute atomic E-state index is 0.263. The van der Waals surface area contributed by atoms with Gasteiger partial charge in [0.1, 0.15) is 0 Å². The van der Waals surface area contributed by atoms with E-state index in [0.717, 1.165) is 24.7 Å². The molecular weight excluding hydrogens is 200 g/mol. The molecule has 3 nitrogen and oxygen atoms in total. The van der Waals surface area contributed by atoms with Gasteiger partial charge in [-0.2, -0.15) is 0 Å². The van der Waals surface area contributed by atoms with Gasteiger partial charge in [0.05, 0.1) is 0 Å². The molecule has 2 saturated heterocycles. The molecule has 1 saturated carbocycles. The lowest BCUT2D eigenvalue weighted by Gasteiger charge is -2.52. The molecule has 1 aliphatic carbocycles. The van der Waals surface area contributed by atoms with Gasteiger partial charge in [0.15, 0.2) is 0 Å². The maximum atomic E-state index is 11.8. The number of rotatable bonds is 4. The average molecular weight is 224 g/mol. The normalized spacial score (nSPS) is 35.3. The number of nitrogens with one attached hydrogen (secondary N) is 1. The van der Waals surface area contributed by atoms with Gasteiger partial charge in [-0.15, -0.1) is 0 Å². The van der Waals surface area contributed by atoms with Crippen molar-refractivity contribution in [2.24, 2.45) is 17.8 Å². The van der Waals surface area contributed by atoms with E-state index >= 15 is 0 Å². The van der Waals surface area contributed by atoms with E-state index in [1.54, 1.807) is 0 Å². The Morgan fingerprint density at radius 2 is 2.06 bits per heavy atom. The highest BCUT2D eigenvalue weighted by atomic mass is 16.1. The Bertz CT molecular complexity index is 255. The second kappa shape index (κ2) is 4.74. The van der Waals surface area contributed by atoms with Crippen molar-refractivity contribution in [3.63, 3.8) is 0 Å². The van der Waals surface area contributed by atoms with Crippen LogP contribution in [-0.4, -0.2) is 37.0 Å². The van der Waals surface area contributed by atoms with E-state index < -0.39 is 0 Å². The lowest BCUT2D eigenvalue weighted by atomic mass is 9.60. The molecule has 16 heavy (non-hydrogen) atoms. The monoisotopic (exact) mass is 224 g/mol. The smallest absolute Gasteiger partial charge is 0.220 e. The van der Waals surface area contributed by atoms with E-state index in [4.69, 9.17) is 0 Å². The van der Waals surface area contributed by atoms with E-state index in [1.165, 1.54) is 19.5 Å². The predicted octanol–water partition coefficient (Wildman–Crippen LogP) is 1.49. The fourth-order valence-electron chi connectivity index (χ4n) is 3.21. The van der Waals surface area contributed by atoms with Gasteiger partial charge in [-0.05, 0) is 44.6 Å². The topological polar surface area (TPSA) is 32.3 Å². The van der Waals surface area contributed by atoms with Crippen molar-refractivity contribution in [1.29, 1.82) is 0 Å². The summed E-state index contributed by atoms with van der Waals surface area (Å²) >= 11 is 0. The SMILES string of the molecule is CC[C@H](C)NC(=O)CC1C2CC1CN(C)C2. The number of piperidine rings is 2. The number of nitrogens with zero attached hydrogens (tertiary/aromatic N) is 1.